The van der Waals surface area contributed by atoms with Gasteiger partial charge in [-0.05, 0) is 18.4 Å². The minimum Gasteiger partial charge on any atom is -0.197 e. The van der Waals surface area contributed by atoms with E-state index in [1.54, 1.807) is 0 Å². The van der Waals surface area contributed by atoms with Crippen molar-refractivity contribution in [1.29, 1.82) is 10.5 Å². The van der Waals surface area contributed by atoms with Crippen LogP contribution in [0, 0.1) is 45.8 Å². The Morgan fingerprint density at radius 3 is 2.93 bits per heavy atom. The molecule has 0 aliphatic heterocycles. The summed E-state index contributed by atoms with van der Waals surface area (Å²) in [6, 6.07) is 4.53. The number of hydrogen-bond acceptors (Lipinski definition) is 2. The Balaban J connectivity index is 2.19. The van der Waals surface area contributed by atoms with E-state index in [9.17, 15) is 0 Å². The largest absolute Gasteiger partial charge is 0.197 e. The molecule has 0 amide bonds. The van der Waals surface area contributed by atoms with Gasteiger partial charge >= 0.3 is 0 Å². The average molecular weight is 203 g/mol. The number of halogens is 1. The molecule has 0 heterocycles. The Bertz CT molecular complexity index is 463. The van der Waals surface area contributed by atoms with Gasteiger partial charge in [-0.15, -0.1) is 0 Å². The van der Waals surface area contributed by atoms with Crippen LogP contribution in [-0.2, 0) is 0 Å². The first-order valence-electron chi connectivity index (χ1n) is 4.64. The van der Waals surface area contributed by atoms with Crippen LogP contribution in [0.5, 0.6) is 0 Å². The second-order valence-electron chi connectivity index (χ2n) is 4.23. The molecule has 68 valence electrons. The number of nitrogens with zero attached hydrogens (tertiary/aromatic N) is 2. The van der Waals surface area contributed by atoms with Crippen molar-refractivity contribution < 1.29 is 0 Å². The molecule has 3 aliphatic rings. The van der Waals surface area contributed by atoms with E-state index in [0.717, 1.165) is 12.0 Å². The lowest BCUT2D eigenvalue weighted by molar-refractivity contribution is 0.523. The first kappa shape index (κ1) is 8.09. The summed E-state index contributed by atoms with van der Waals surface area (Å²) in [7, 11) is 0. The second kappa shape index (κ2) is 2.22. The van der Waals surface area contributed by atoms with Crippen molar-refractivity contribution in [2.24, 2.45) is 23.2 Å². The summed E-state index contributed by atoms with van der Waals surface area (Å²) in [5, 5.41) is 18.7. The summed E-state index contributed by atoms with van der Waals surface area (Å²) >= 11 is 6.09. The molecular weight excluding hydrogens is 196 g/mol. The summed E-state index contributed by atoms with van der Waals surface area (Å²) in [4.78, 5) is 0. The van der Waals surface area contributed by atoms with Gasteiger partial charge in [0.2, 0.25) is 0 Å². The number of allylic oxidation sites excluding steroid dienone is 4. The molecule has 0 saturated heterocycles. The molecule has 0 radical (unpaired) electrons. The maximum absolute atomic E-state index is 9.12. The monoisotopic (exact) mass is 202 g/mol. The SMILES string of the molecule is N#CC1=CC2C3CC1C(Cl)=CC23C#N. The smallest absolute Gasteiger partial charge is 0.0950 e. The number of rotatable bonds is 0. The van der Waals surface area contributed by atoms with Crippen LogP contribution < -0.4 is 0 Å². The lowest BCUT2D eigenvalue weighted by Crippen LogP contribution is -2.14. The normalized spacial score (nSPS) is 46.9. The summed E-state index contributed by atoms with van der Waals surface area (Å²) in [6.45, 7) is 0. The first-order chi connectivity index (χ1) is 6.73. The number of hydrogen-bond donors (Lipinski definition) is 0. The topological polar surface area (TPSA) is 47.6 Å². The molecule has 0 aromatic heterocycles. The van der Waals surface area contributed by atoms with Crippen LogP contribution in [0.3, 0.4) is 0 Å². The Morgan fingerprint density at radius 2 is 2.29 bits per heavy atom. The van der Waals surface area contributed by atoms with Crippen LogP contribution in [0.4, 0.5) is 0 Å². The van der Waals surface area contributed by atoms with Gasteiger partial charge in [0.15, 0.2) is 0 Å². The molecule has 0 aromatic carbocycles. The van der Waals surface area contributed by atoms with E-state index >= 15 is 0 Å². The number of fused-ring (bicyclic) bond motifs is 2. The maximum Gasteiger partial charge on any atom is 0.0950 e. The van der Waals surface area contributed by atoms with Crippen molar-refractivity contribution in [2.45, 2.75) is 6.42 Å². The van der Waals surface area contributed by atoms with Crippen LogP contribution >= 0.6 is 11.6 Å². The van der Waals surface area contributed by atoms with Crippen molar-refractivity contribution in [2.75, 3.05) is 0 Å². The predicted molar refractivity (Wildman–Crippen MR) is 50.8 cm³/mol. The molecular formula is C11H7ClN2. The van der Waals surface area contributed by atoms with Gasteiger partial charge in [-0.1, -0.05) is 17.7 Å². The lowest BCUT2D eigenvalue weighted by atomic mass is 9.84. The van der Waals surface area contributed by atoms with Gasteiger partial charge in [0, 0.05) is 22.4 Å². The Kier molecular flexibility index (Phi) is 1.28. The molecule has 1 fully saturated rings. The highest BCUT2D eigenvalue weighted by atomic mass is 35.5. The molecule has 2 bridgehead atoms. The van der Waals surface area contributed by atoms with Gasteiger partial charge in [-0.3, -0.25) is 0 Å². The molecule has 3 aliphatic carbocycles. The van der Waals surface area contributed by atoms with Gasteiger partial charge in [-0.25, -0.2) is 0 Å². The van der Waals surface area contributed by atoms with Gasteiger partial charge in [-0.2, -0.15) is 10.5 Å². The van der Waals surface area contributed by atoms with Crippen molar-refractivity contribution in [1.82, 2.24) is 0 Å². The van der Waals surface area contributed by atoms with E-state index in [1.807, 2.05) is 12.2 Å². The molecule has 14 heavy (non-hydrogen) atoms. The zero-order valence-electron chi connectivity index (χ0n) is 7.37. The molecule has 4 unspecified atom stereocenters. The summed E-state index contributed by atoms with van der Waals surface area (Å²) in [5.74, 6) is 0.735. The van der Waals surface area contributed by atoms with E-state index in [2.05, 4.69) is 12.1 Å². The van der Waals surface area contributed by atoms with Crippen LogP contribution in [-0.4, -0.2) is 0 Å². The van der Waals surface area contributed by atoms with E-state index < -0.39 is 0 Å². The molecule has 0 spiro atoms. The third-order valence-corrected chi connectivity index (χ3v) is 4.12. The zero-order valence-corrected chi connectivity index (χ0v) is 8.12. The fraction of sp³-hybridized carbons (Fsp3) is 0.455. The van der Waals surface area contributed by atoms with Crippen molar-refractivity contribution in [3.05, 3.63) is 22.8 Å². The lowest BCUT2D eigenvalue weighted by Gasteiger charge is -2.21. The fourth-order valence-corrected chi connectivity index (χ4v) is 3.28. The van der Waals surface area contributed by atoms with Crippen LogP contribution in [0.2, 0.25) is 0 Å². The highest BCUT2D eigenvalue weighted by Crippen LogP contribution is 2.70. The quantitative estimate of drug-likeness (QED) is 0.606. The minimum absolute atomic E-state index is 0.0758. The zero-order chi connectivity index (χ0) is 9.92. The van der Waals surface area contributed by atoms with Gasteiger partial charge < -0.3 is 0 Å². The van der Waals surface area contributed by atoms with E-state index in [1.165, 1.54) is 0 Å². The molecule has 0 N–H and O–H groups in total. The summed E-state index contributed by atoms with van der Waals surface area (Å²) in [5.41, 5.74) is 0.383. The maximum atomic E-state index is 9.12. The van der Waals surface area contributed by atoms with E-state index in [-0.39, 0.29) is 17.3 Å². The van der Waals surface area contributed by atoms with Crippen molar-refractivity contribution >= 4 is 11.6 Å². The minimum atomic E-state index is -0.369. The molecule has 3 rings (SSSR count). The van der Waals surface area contributed by atoms with Gasteiger partial charge in [0.05, 0.1) is 17.6 Å². The van der Waals surface area contributed by atoms with Gasteiger partial charge in [0.25, 0.3) is 0 Å². The fourth-order valence-electron chi connectivity index (χ4n) is 2.90. The van der Waals surface area contributed by atoms with Crippen LogP contribution in [0.15, 0.2) is 22.8 Å². The summed E-state index contributed by atoms with van der Waals surface area (Å²) in [6.07, 6.45) is 4.71. The Hall–Kier alpha value is -1.25. The summed E-state index contributed by atoms with van der Waals surface area (Å²) < 4.78 is 0. The van der Waals surface area contributed by atoms with Gasteiger partial charge in [0.1, 0.15) is 0 Å². The van der Waals surface area contributed by atoms with E-state index in [4.69, 9.17) is 22.1 Å². The molecule has 3 heteroatoms. The van der Waals surface area contributed by atoms with Crippen molar-refractivity contribution in [3.8, 4) is 12.1 Å². The number of nitriles is 2. The van der Waals surface area contributed by atoms with E-state index in [0.29, 0.717) is 11.0 Å². The third kappa shape index (κ3) is 0.681. The average Bonchev–Trinajstić information content (AvgIpc) is 2.88. The second-order valence-corrected chi connectivity index (χ2v) is 4.66. The highest BCUT2D eigenvalue weighted by molar-refractivity contribution is 6.30. The standard InChI is InChI=1S/C11H7ClN2/c12-10-3-11(5-14)8-1-6(4-13)7(10)2-9(8)11/h1,3,7-9H,2H2. The Morgan fingerprint density at radius 1 is 1.50 bits per heavy atom. The Labute approximate surface area is 87.1 Å². The molecule has 2 nitrogen and oxygen atoms in total. The third-order valence-electron chi connectivity index (χ3n) is 3.75. The highest BCUT2D eigenvalue weighted by Gasteiger charge is 2.67. The van der Waals surface area contributed by atoms with Crippen molar-refractivity contribution in [3.63, 3.8) is 0 Å². The predicted octanol–water partition coefficient (Wildman–Crippen LogP) is 2.35. The van der Waals surface area contributed by atoms with Crippen LogP contribution in [0.25, 0.3) is 0 Å². The molecule has 1 saturated carbocycles. The van der Waals surface area contributed by atoms with Crippen LogP contribution in [0.1, 0.15) is 6.42 Å². The molecule has 4 atom stereocenters. The molecule has 0 aromatic rings. The first-order valence-corrected chi connectivity index (χ1v) is 5.02.